The molecule has 0 aromatic heterocycles. The summed E-state index contributed by atoms with van der Waals surface area (Å²) in [5.41, 5.74) is 0. The highest BCUT2D eigenvalue weighted by atomic mass is 16.2. The number of nitrogens with one attached hydrogen (secondary N) is 3. The minimum Gasteiger partial charge on any atom is -0.350 e. The number of hydrogen-bond donors (Lipinski definition) is 3. The van der Waals surface area contributed by atoms with Gasteiger partial charge in [0.25, 0.3) is 0 Å². The Bertz CT molecular complexity index is 287. The molecule has 0 aliphatic carbocycles. The van der Waals surface area contributed by atoms with Crippen LogP contribution >= 0.6 is 0 Å². The van der Waals surface area contributed by atoms with Crippen LogP contribution in [0.15, 0.2) is 25.3 Å². The van der Waals surface area contributed by atoms with Crippen molar-refractivity contribution in [2.45, 2.75) is 25.9 Å². The summed E-state index contributed by atoms with van der Waals surface area (Å²) in [5.74, 6) is -0.513. The predicted molar refractivity (Wildman–Crippen MR) is 68.5 cm³/mol. The molecule has 0 aromatic carbocycles. The van der Waals surface area contributed by atoms with E-state index in [4.69, 9.17) is 0 Å². The van der Waals surface area contributed by atoms with Crippen molar-refractivity contribution in [2.75, 3.05) is 13.1 Å². The van der Waals surface area contributed by atoms with Crippen LogP contribution in [0.5, 0.6) is 0 Å². The fourth-order valence-electron chi connectivity index (χ4n) is 1.11. The van der Waals surface area contributed by atoms with E-state index in [2.05, 4.69) is 29.1 Å². The van der Waals surface area contributed by atoms with Gasteiger partial charge in [0, 0.05) is 19.1 Å². The number of carbonyl (C=O) groups is 2. The lowest BCUT2D eigenvalue weighted by molar-refractivity contribution is -0.118. The predicted octanol–water partition coefficient (Wildman–Crippen LogP) is -0.0426. The highest BCUT2D eigenvalue weighted by molar-refractivity contribution is 5.88. The molecule has 0 heterocycles. The molecule has 0 aliphatic heterocycles. The second-order valence-corrected chi connectivity index (χ2v) is 3.92. The molecule has 0 rings (SSSR count). The van der Waals surface area contributed by atoms with Gasteiger partial charge in [-0.1, -0.05) is 27.0 Å². The Morgan fingerprint density at radius 3 is 2.18 bits per heavy atom. The molecule has 17 heavy (non-hydrogen) atoms. The molecular formula is C12H21N3O2. The standard InChI is InChI=1S/C12H21N3O2/c1-5-11(16)14-8-10(7-13-9(3)4)15-12(17)6-2/h5-6,9-10,13H,1-2,7-8H2,3-4H3,(H,14,16)(H,15,17). The Hall–Kier alpha value is -1.62. The lowest BCUT2D eigenvalue weighted by atomic mass is 10.2. The zero-order valence-corrected chi connectivity index (χ0v) is 10.5. The zero-order valence-electron chi connectivity index (χ0n) is 10.5. The molecule has 0 aliphatic rings. The van der Waals surface area contributed by atoms with Gasteiger partial charge in [-0.3, -0.25) is 9.59 Å². The Balaban J connectivity index is 4.18. The van der Waals surface area contributed by atoms with E-state index < -0.39 is 0 Å². The van der Waals surface area contributed by atoms with Gasteiger partial charge in [-0.15, -0.1) is 0 Å². The maximum absolute atomic E-state index is 11.2. The number of hydrogen-bond acceptors (Lipinski definition) is 3. The summed E-state index contributed by atoms with van der Waals surface area (Å²) in [7, 11) is 0. The molecule has 5 nitrogen and oxygen atoms in total. The average Bonchev–Trinajstić information content (AvgIpc) is 2.31. The summed E-state index contributed by atoms with van der Waals surface area (Å²) < 4.78 is 0. The van der Waals surface area contributed by atoms with Gasteiger partial charge in [0.05, 0.1) is 6.04 Å². The van der Waals surface area contributed by atoms with Crippen LogP contribution in [-0.2, 0) is 9.59 Å². The average molecular weight is 239 g/mol. The van der Waals surface area contributed by atoms with Crippen molar-refractivity contribution in [3.63, 3.8) is 0 Å². The minimum atomic E-state index is -0.257. The highest BCUT2D eigenvalue weighted by Crippen LogP contribution is 1.85. The van der Waals surface area contributed by atoms with Crippen LogP contribution in [0, 0.1) is 0 Å². The monoisotopic (exact) mass is 239 g/mol. The molecule has 5 heteroatoms. The van der Waals surface area contributed by atoms with E-state index in [1.165, 1.54) is 12.2 Å². The molecule has 0 radical (unpaired) electrons. The quantitative estimate of drug-likeness (QED) is 0.520. The van der Waals surface area contributed by atoms with E-state index >= 15 is 0 Å². The number of rotatable bonds is 8. The van der Waals surface area contributed by atoms with Crippen LogP contribution in [0.3, 0.4) is 0 Å². The molecule has 1 unspecified atom stereocenters. The molecule has 1 atom stereocenters. The molecule has 0 saturated heterocycles. The first-order valence-electron chi connectivity index (χ1n) is 5.56. The number of carbonyl (C=O) groups excluding carboxylic acids is 2. The third-order valence-corrected chi connectivity index (χ3v) is 2.01. The van der Waals surface area contributed by atoms with Crippen LogP contribution < -0.4 is 16.0 Å². The van der Waals surface area contributed by atoms with Gasteiger partial charge in [-0.05, 0) is 12.2 Å². The van der Waals surface area contributed by atoms with Gasteiger partial charge in [0.15, 0.2) is 0 Å². The lowest BCUT2D eigenvalue weighted by Gasteiger charge is -2.20. The summed E-state index contributed by atoms with van der Waals surface area (Å²) in [5, 5.41) is 8.56. The van der Waals surface area contributed by atoms with Crippen molar-refractivity contribution in [3.8, 4) is 0 Å². The van der Waals surface area contributed by atoms with E-state index in [1.807, 2.05) is 13.8 Å². The Kier molecular flexibility index (Phi) is 7.71. The third-order valence-electron chi connectivity index (χ3n) is 2.01. The fraction of sp³-hybridized carbons (Fsp3) is 0.500. The van der Waals surface area contributed by atoms with Gasteiger partial charge in [-0.2, -0.15) is 0 Å². The van der Waals surface area contributed by atoms with E-state index in [0.29, 0.717) is 19.1 Å². The Morgan fingerprint density at radius 2 is 1.71 bits per heavy atom. The first-order valence-corrected chi connectivity index (χ1v) is 5.56. The molecule has 0 fully saturated rings. The van der Waals surface area contributed by atoms with E-state index in [-0.39, 0.29) is 17.9 Å². The normalized spacial score (nSPS) is 11.7. The summed E-state index contributed by atoms with van der Waals surface area (Å²) in [4.78, 5) is 22.2. The van der Waals surface area contributed by atoms with Crippen molar-refractivity contribution in [1.29, 1.82) is 0 Å². The molecule has 0 spiro atoms. The lowest BCUT2D eigenvalue weighted by Crippen LogP contribution is -2.49. The van der Waals surface area contributed by atoms with E-state index in [1.54, 1.807) is 0 Å². The summed E-state index contributed by atoms with van der Waals surface area (Å²) in [6.07, 6.45) is 2.40. The maximum Gasteiger partial charge on any atom is 0.243 e. The van der Waals surface area contributed by atoms with Crippen molar-refractivity contribution < 1.29 is 9.59 Å². The first kappa shape index (κ1) is 15.4. The SMILES string of the molecule is C=CC(=O)NCC(CNC(C)C)NC(=O)C=C. The van der Waals surface area contributed by atoms with Crippen molar-refractivity contribution in [2.24, 2.45) is 0 Å². The smallest absolute Gasteiger partial charge is 0.243 e. The van der Waals surface area contributed by atoms with Crippen LogP contribution in [0.4, 0.5) is 0 Å². The van der Waals surface area contributed by atoms with Crippen molar-refractivity contribution in [3.05, 3.63) is 25.3 Å². The van der Waals surface area contributed by atoms with Crippen molar-refractivity contribution >= 4 is 11.8 Å². The van der Waals surface area contributed by atoms with Gasteiger partial charge >= 0.3 is 0 Å². The van der Waals surface area contributed by atoms with Gasteiger partial charge in [0.1, 0.15) is 0 Å². The summed E-state index contributed by atoms with van der Waals surface area (Å²) in [6, 6.07) is 0.139. The molecule has 0 bridgehead atoms. The van der Waals surface area contributed by atoms with E-state index in [0.717, 1.165) is 0 Å². The van der Waals surface area contributed by atoms with Gasteiger partial charge in [0.2, 0.25) is 11.8 Å². The van der Waals surface area contributed by atoms with Crippen LogP contribution in [0.1, 0.15) is 13.8 Å². The Morgan fingerprint density at radius 1 is 1.12 bits per heavy atom. The molecule has 0 saturated carbocycles. The van der Waals surface area contributed by atoms with Crippen LogP contribution in [0.25, 0.3) is 0 Å². The molecule has 2 amide bonds. The van der Waals surface area contributed by atoms with Gasteiger partial charge < -0.3 is 16.0 Å². The Labute approximate surface area is 102 Å². The minimum absolute atomic E-state index is 0.174. The summed E-state index contributed by atoms with van der Waals surface area (Å²) >= 11 is 0. The van der Waals surface area contributed by atoms with Crippen LogP contribution in [0.2, 0.25) is 0 Å². The van der Waals surface area contributed by atoms with Gasteiger partial charge in [-0.25, -0.2) is 0 Å². The second-order valence-electron chi connectivity index (χ2n) is 3.92. The topological polar surface area (TPSA) is 70.2 Å². The maximum atomic E-state index is 11.2. The highest BCUT2D eigenvalue weighted by Gasteiger charge is 2.11. The van der Waals surface area contributed by atoms with Crippen LogP contribution in [-0.4, -0.2) is 37.0 Å². The van der Waals surface area contributed by atoms with E-state index in [9.17, 15) is 9.59 Å². The second kappa shape index (κ2) is 8.52. The summed E-state index contributed by atoms with van der Waals surface area (Å²) in [6.45, 7) is 11.7. The zero-order chi connectivity index (χ0) is 13.3. The molecular weight excluding hydrogens is 218 g/mol. The molecule has 96 valence electrons. The largest absolute Gasteiger partial charge is 0.350 e. The third kappa shape index (κ3) is 8.21. The molecule has 0 aromatic rings. The first-order chi connectivity index (χ1) is 7.99. The molecule has 3 N–H and O–H groups in total. The van der Waals surface area contributed by atoms with Crippen molar-refractivity contribution in [1.82, 2.24) is 16.0 Å². The fourth-order valence-corrected chi connectivity index (χ4v) is 1.11. The number of amides is 2.